The Morgan fingerprint density at radius 3 is 2.83 bits per heavy atom. The van der Waals surface area contributed by atoms with E-state index in [1.165, 1.54) is 6.07 Å². The molecule has 1 fully saturated rings. The summed E-state index contributed by atoms with van der Waals surface area (Å²) < 4.78 is 5.36. The van der Waals surface area contributed by atoms with E-state index in [4.69, 9.17) is 16.3 Å². The van der Waals surface area contributed by atoms with Crippen molar-refractivity contribution in [3.05, 3.63) is 51.2 Å². The van der Waals surface area contributed by atoms with E-state index < -0.39 is 11.6 Å². The highest BCUT2D eigenvalue weighted by Gasteiger charge is 2.20. The van der Waals surface area contributed by atoms with E-state index in [0.717, 1.165) is 5.69 Å². The van der Waals surface area contributed by atoms with E-state index in [0.29, 0.717) is 42.7 Å². The first-order valence-corrected chi connectivity index (χ1v) is 7.93. The smallest absolute Gasteiger partial charge is 0.345 e. The number of aromatic nitrogens is 2. The van der Waals surface area contributed by atoms with Crippen molar-refractivity contribution in [1.29, 1.82) is 0 Å². The zero-order chi connectivity index (χ0) is 17.1. The molecule has 126 valence electrons. The van der Waals surface area contributed by atoms with E-state index >= 15 is 0 Å². The van der Waals surface area contributed by atoms with Crippen LogP contribution in [0.25, 0.3) is 0 Å². The van der Waals surface area contributed by atoms with Crippen LogP contribution in [0.5, 0.6) is 0 Å². The molecular weight excluding hydrogens is 332 g/mol. The number of nitrogens with one attached hydrogen (secondary N) is 2. The molecule has 0 unspecified atom stereocenters. The van der Waals surface area contributed by atoms with Gasteiger partial charge < -0.3 is 19.9 Å². The molecule has 7 nitrogen and oxygen atoms in total. The number of ether oxygens (including phenoxy) is 1. The maximum absolute atomic E-state index is 12.5. The fraction of sp³-hybridized carbons (Fsp3) is 0.312. The normalized spacial score (nSPS) is 14.5. The average Bonchev–Trinajstić information content (AvgIpc) is 2.55. The molecule has 1 aromatic heterocycles. The molecule has 0 radical (unpaired) electrons. The Balaban J connectivity index is 1.90. The van der Waals surface area contributed by atoms with Crippen molar-refractivity contribution >= 4 is 28.9 Å². The van der Waals surface area contributed by atoms with Crippen molar-refractivity contribution in [2.75, 3.05) is 36.5 Å². The summed E-state index contributed by atoms with van der Waals surface area (Å²) in [5.74, 6) is -0.457. The Morgan fingerprint density at radius 2 is 2.12 bits per heavy atom. The van der Waals surface area contributed by atoms with Crippen LogP contribution in [0.1, 0.15) is 16.2 Å². The zero-order valence-corrected chi connectivity index (χ0v) is 13.9. The maximum atomic E-state index is 12.5. The first kappa shape index (κ1) is 16.5. The number of amides is 1. The summed E-state index contributed by atoms with van der Waals surface area (Å²) in [6.07, 6.45) is 0. The molecule has 0 aliphatic carbocycles. The van der Waals surface area contributed by atoms with Gasteiger partial charge in [-0.3, -0.25) is 4.79 Å². The molecule has 1 aromatic carbocycles. The summed E-state index contributed by atoms with van der Waals surface area (Å²) in [6.45, 7) is 4.28. The minimum Gasteiger partial charge on any atom is -0.378 e. The monoisotopic (exact) mass is 348 g/mol. The molecule has 0 spiro atoms. The van der Waals surface area contributed by atoms with Crippen LogP contribution in [0.15, 0.2) is 29.1 Å². The first-order chi connectivity index (χ1) is 11.5. The van der Waals surface area contributed by atoms with E-state index in [1.54, 1.807) is 25.1 Å². The van der Waals surface area contributed by atoms with Gasteiger partial charge in [0.1, 0.15) is 5.69 Å². The van der Waals surface area contributed by atoms with Gasteiger partial charge in [-0.1, -0.05) is 17.7 Å². The fourth-order valence-corrected chi connectivity index (χ4v) is 2.90. The van der Waals surface area contributed by atoms with Crippen LogP contribution in [0.3, 0.4) is 0 Å². The van der Waals surface area contributed by atoms with Gasteiger partial charge in [0.15, 0.2) is 0 Å². The van der Waals surface area contributed by atoms with Crippen molar-refractivity contribution in [2.24, 2.45) is 0 Å². The van der Waals surface area contributed by atoms with E-state index in [9.17, 15) is 9.59 Å². The van der Waals surface area contributed by atoms with Crippen molar-refractivity contribution in [3.63, 3.8) is 0 Å². The number of benzene rings is 1. The molecule has 2 aromatic rings. The first-order valence-electron chi connectivity index (χ1n) is 7.55. The topological polar surface area (TPSA) is 87.3 Å². The van der Waals surface area contributed by atoms with Gasteiger partial charge in [-0.2, -0.15) is 4.98 Å². The molecule has 0 atom stereocenters. The lowest BCUT2D eigenvalue weighted by Crippen LogP contribution is -2.37. The quantitative estimate of drug-likeness (QED) is 0.883. The molecule has 1 aliphatic heterocycles. The van der Waals surface area contributed by atoms with Crippen molar-refractivity contribution in [1.82, 2.24) is 9.97 Å². The standard InChI is InChI=1S/C16H17ClN4O3/c1-10-9-13(20-16(23)18-10)15(22)19-12-4-2-3-11(17)14(12)21-5-7-24-8-6-21/h2-4,9H,5-8H2,1H3,(H,19,22)(H,18,20,23). The SMILES string of the molecule is Cc1cc(C(=O)Nc2cccc(Cl)c2N2CCOCC2)nc(=O)[nH]1. The highest BCUT2D eigenvalue weighted by molar-refractivity contribution is 6.34. The van der Waals surface area contributed by atoms with Gasteiger partial charge in [0.2, 0.25) is 0 Å². The van der Waals surface area contributed by atoms with Gasteiger partial charge in [-0.05, 0) is 25.1 Å². The molecule has 0 bridgehead atoms. The van der Waals surface area contributed by atoms with Crippen LogP contribution in [-0.2, 0) is 4.74 Å². The predicted octanol–water partition coefficient (Wildman–Crippen LogP) is 1.82. The van der Waals surface area contributed by atoms with Crippen molar-refractivity contribution in [3.8, 4) is 0 Å². The Morgan fingerprint density at radius 1 is 1.38 bits per heavy atom. The third-order valence-electron chi connectivity index (χ3n) is 3.67. The number of carbonyl (C=O) groups is 1. The highest BCUT2D eigenvalue weighted by atomic mass is 35.5. The Kier molecular flexibility index (Phi) is 4.82. The summed E-state index contributed by atoms with van der Waals surface area (Å²) in [4.78, 5) is 32.2. The van der Waals surface area contributed by atoms with Gasteiger partial charge in [0, 0.05) is 18.8 Å². The molecule has 8 heteroatoms. The number of carbonyl (C=O) groups excluding carboxylic acids is 1. The summed E-state index contributed by atoms with van der Waals surface area (Å²) in [6, 6.07) is 6.83. The third-order valence-corrected chi connectivity index (χ3v) is 3.98. The lowest BCUT2D eigenvalue weighted by atomic mass is 10.2. The maximum Gasteiger partial charge on any atom is 0.345 e. The second-order valence-corrected chi connectivity index (χ2v) is 5.85. The van der Waals surface area contributed by atoms with E-state index in [1.807, 2.05) is 0 Å². The van der Waals surface area contributed by atoms with E-state index in [2.05, 4.69) is 20.2 Å². The van der Waals surface area contributed by atoms with Gasteiger partial charge in [0.25, 0.3) is 5.91 Å². The summed E-state index contributed by atoms with van der Waals surface area (Å²) in [5.41, 5.74) is 1.40. The second kappa shape index (κ2) is 7.02. The molecule has 2 heterocycles. The molecule has 1 aliphatic rings. The van der Waals surface area contributed by atoms with Crippen LogP contribution in [0, 0.1) is 6.92 Å². The van der Waals surface area contributed by atoms with Crippen molar-refractivity contribution < 1.29 is 9.53 Å². The molecule has 1 amide bonds. The number of aromatic amines is 1. The Hall–Kier alpha value is -2.38. The summed E-state index contributed by atoms with van der Waals surface area (Å²) in [5, 5.41) is 3.34. The largest absolute Gasteiger partial charge is 0.378 e. The Bertz CT molecular complexity index is 815. The van der Waals surface area contributed by atoms with Gasteiger partial charge in [-0.25, -0.2) is 4.79 Å². The fourth-order valence-electron chi connectivity index (χ4n) is 2.61. The number of rotatable bonds is 3. The Labute approximate surface area is 143 Å². The number of anilines is 2. The summed E-state index contributed by atoms with van der Waals surface area (Å²) >= 11 is 6.34. The molecule has 3 rings (SSSR count). The molecule has 0 saturated carbocycles. The van der Waals surface area contributed by atoms with Gasteiger partial charge >= 0.3 is 5.69 Å². The number of hydrogen-bond acceptors (Lipinski definition) is 5. The van der Waals surface area contributed by atoms with Crippen LogP contribution in [-0.4, -0.2) is 42.2 Å². The lowest BCUT2D eigenvalue weighted by molar-refractivity contribution is 0.102. The number of para-hydroxylation sites is 1. The molecule has 24 heavy (non-hydrogen) atoms. The van der Waals surface area contributed by atoms with Crippen LogP contribution >= 0.6 is 11.6 Å². The molecule has 1 saturated heterocycles. The number of halogens is 1. The van der Waals surface area contributed by atoms with Crippen LogP contribution in [0.2, 0.25) is 5.02 Å². The number of H-pyrrole nitrogens is 1. The molecular formula is C16H17ClN4O3. The second-order valence-electron chi connectivity index (χ2n) is 5.44. The summed E-state index contributed by atoms with van der Waals surface area (Å²) in [7, 11) is 0. The highest BCUT2D eigenvalue weighted by Crippen LogP contribution is 2.34. The number of morpholine rings is 1. The minimum atomic E-state index is -0.556. The minimum absolute atomic E-state index is 0.0594. The zero-order valence-electron chi connectivity index (χ0n) is 13.1. The van der Waals surface area contributed by atoms with Crippen LogP contribution in [0.4, 0.5) is 11.4 Å². The lowest BCUT2D eigenvalue weighted by Gasteiger charge is -2.31. The average molecular weight is 349 g/mol. The molecule has 2 N–H and O–H groups in total. The number of aryl methyl sites for hydroxylation is 1. The van der Waals surface area contributed by atoms with Crippen LogP contribution < -0.4 is 15.9 Å². The van der Waals surface area contributed by atoms with E-state index in [-0.39, 0.29) is 5.69 Å². The third kappa shape index (κ3) is 3.58. The predicted molar refractivity (Wildman–Crippen MR) is 92.0 cm³/mol. The van der Waals surface area contributed by atoms with Gasteiger partial charge in [0.05, 0.1) is 29.6 Å². The van der Waals surface area contributed by atoms with Gasteiger partial charge in [-0.15, -0.1) is 0 Å². The number of hydrogen-bond donors (Lipinski definition) is 2. The number of nitrogens with zero attached hydrogens (tertiary/aromatic N) is 2. The van der Waals surface area contributed by atoms with Crippen molar-refractivity contribution in [2.45, 2.75) is 6.92 Å².